The molecule has 0 spiro atoms. The normalized spacial score (nSPS) is 11.1. The van der Waals surface area contributed by atoms with Crippen LogP contribution in [0.3, 0.4) is 0 Å². The summed E-state index contributed by atoms with van der Waals surface area (Å²) < 4.78 is 46.3. The van der Waals surface area contributed by atoms with E-state index in [2.05, 4.69) is 5.32 Å². The van der Waals surface area contributed by atoms with Crippen molar-refractivity contribution in [1.29, 1.82) is 0 Å². The zero-order valence-corrected chi connectivity index (χ0v) is 18.9. The molecule has 3 rings (SSSR count). The molecule has 168 valence electrons. The Labute approximate surface area is 191 Å². The van der Waals surface area contributed by atoms with Gasteiger partial charge in [-0.25, -0.2) is 12.8 Å². The first-order valence-corrected chi connectivity index (χ1v) is 11.6. The summed E-state index contributed by atoms with van der Waals surface area (Å²) >= 11 is 5.82. The SMILES string of the molecule is Cc1ccc(S(=O)(=O)N(CC(=O)NCCOc2ccc(Cl)cc2)c2ccc(F)cc2)cc1. The molecule has 0 heterocycles. The highest BCUT2D eigenvalue weighted by molar-refractivity contribution is 7.92. The summed E-state index contributed by atoms with van der Waals surface area (Å²) in [7, 11) is -4.05. The van der Waals surface area contributed by atoms with Crippen LogP contribution in [-0.2, 0) is 14.8 Å². The van der Waals surface area contributed by atoms with Crippen molar-refractivity contribution in [3.63, 3.8) is 0 Å². The number of carbonyl (C=O) groups excluding carboxylic acids is 1. The van der Waals surface area contributed by atoms with E-state index in [9.17, 15) is 17.6 Å². The minimum atomic E-state index is -4.05. The van der Waals surface area contributed by atoms with Crippen LogP contribution in [0.5, 0.6) is 5.75 Å². The summed E-state index contributed by atoms with van der Waals surface area (Å²) in [6.45, 7) is 1.73. The number of benzene rings is 3. The van der Waals surface area contributed by atoms with Crippen LogP contribution in [0.25, 0.3) is 0 Å². The van der Waals surface area contributed by atoms with E-state index in [1.54, 1.807) is 36.4 Å². The Hall–Kier alpha value is -3.10. The van der Waals surface area contributed by atoms with Crippen molar-refractivity contribution in [1.82, 2.24) is 5.32 Å². The molecule has 0 aliphatic heterocycles. The first kappa shape index (κ1) is 23.6. The number of rotatable bonds is 9. The summed E-state index contributed by atoms with van der Waals surface area (Å²) in [5, 5.41) is 3.22. The number of aryl methyl sites for hydroxylation is 1. The number of hydrogen-bond acceptors (Lipinski definition) is 4. The third-order valence-corrected chi connectivity index (χ3v) is 6.56. The minimum absolute atomic E-state index is 0.0336. The molecule has 0 bridgehead atoms. The Morgan fingerprint density at radius 2 is 1.62 bits per heavy atom. The molecular weight excluding hydrogens is 455 g/mol. The Balaban J connectivity index is 1.69. The van der Waals surface area contributed by atoms with E-state index in [1.807, 2.05) is 6.92 Å². The minimum Gasteiger partial charge on any atom is -0.492 e. The molecule has 0 aliphatic carbocycles. The van der Waals surface area contributed by atoms with Gasteiger partial charge >= 0.3 is 0 Å². The topological polar surface area (TPSA) is 75.7 Å². The van der Waals surface area contributed by atoms with Gasteiger partial charge in [-0.3, -0.25) is 9.10 Å². The van der Waals surface area contributed by atoms with E-state index >= 15 is 0 Å². The van der Waals surface area contributed by atoms with Gasteiger partial charge in [-0.1, -0.05) is 29.3 Å². The number of nitrogens with one attached hydrogen (secondary N) is 1. The summed E-state index contributed by atoms with van der Waals surface area (Å²) in [4.78, 5) is 12.6. The van der Waals surface area contributed by atoms with Crippen LogP contribution in [0.4, 0.5) is 10.1 Å². The fourth-order valence-corrected chi connectivity index (χ4v) is 4.38. The summed E-state index contributed by atoms with van der Waals surface area (Å²) in [5.74, 6) is -0.437. The predicted octanol–water partition coefficient (Wildman–Crippen LogP) is 4.18. The molecule has 32 heavy (non-hydrogen) atoms. The maximum Gasteiger partial charge on any atom is 0.264 e. The number of ether oxygens (including phenoxy) is 1. The third kappa shape index (κ3) is 6.21. The van der Waals surface area contributed by atoms with E-state index in [0.717, 1.165) is 22.0 Å². The Morgan fingerprint density at radius 3 is 2.25 bits per heavy atom. The van der Waals surface area contributed by atoms with Gasteiger partial charge in [0.05, 0.1) is 17.1 Å². The Bertz CT molecular complexity index is 1150. The van der Waals surface area contributed by atoms with Gasteiger partial charge in [0.25, 0.3) is 10.0 Å². The van der Waals surface area contributed by atoms with Gasteiger partial charge < -0.3 is 10.1 Å². The van der Waals surface area contributed by atoms with Gasteiger partial charge in [0.15, 0.2) is 0 Å². The van der Waals surface area contributed by atoms with Crippen LogP contribution < -0.4 is 14.4 Å². The highest BCUT2D eigenvalue weighted by atomic mass is 35.5. The standard InChI is InChI=1S/C23H22ClFN2O4S/c1-17-2-12-22(13-3-17)32(29,30)27(20-8-6-19(25)7-9-20)16-23(28)26-14-15-31-21-10-4-18(24)5-11-21/h2-13H,14-16H2,1H3,(H,26,28). The maximum absolute atomic E-state index is 13.4. The highest BCUT2D eigenvalue weighted by Crippen LogP contribution is 2.24. The van der Waals surface area contributed by atoms with Gasteiger partial charge in [-0.05, 0) is 67.6 Å². The van der Waals surface area contributed by atoms with Gasteiger partial charge in [0.1, 0.15) is 24.7 Å². The van der Waals surface area contributed by atoms with Gasteiger partial charge in [-0.15, -0.1) is 0 Å². The van der Waals surface area contributed by atoms with Crippen molar-refractivity contribution >= 4 is 33.2 Å². The summed E-state index contributed by atoms with van der Waals surface area (Å²) in [6.07, 6.45) is 0. The lowest BCUT2D eigenvalue weighted by Crippen LogP contribution is -2.41. The van der Waals surface area contributed by atoms with Gasteiger partial charge in [0.2, 0.25) is 5.91 Å². The van der Waals surface area contributed by atoms with Crippen LogP contribution in [0, 0.1) is 12.7 Å². The van der Waals surface area contributed by atoms with Crippen molar-refractivity contribution in [3.8, 4) is 5.75 Å². The Kier molecular flexibility index (Phi) is 7.71. The maximum atomic E-state index is 13.4. The molecule has 6 nitrogen and oxygen atoms in total. The molecule has 1 N–H and O–H groups in total. The van der Waals surface area contributed by atoms with Gasteiger partial charge in [-0.2, -0.15) is 0 Å². The fraction of sp³-hybridized carbons (Fsp3) is 0.174. The molecule has 0 fully saturated rings. The third-order valence-electron chi connectivity index (χ3n) is 4.52. The molecule has 1 amide bonds. The van der Waals surface area contributed by atoms with E-state index < -0.39 is 28.3 Å². The van der Waals surface area contributed by atoms with E-state index in [1.165, 1.54) is 24.3 Å². The summed E-state index contributed by atoms with van der Waals surface area (Å²) in [5.41, 5.74) is 1.08. The first-order chi connectivity index (χ1) is 15.3. The van der Waals surface area contributed by atoms with Crippen LogP contribution in [0.15, 0.2) is 77.7 Å². The lowest BCUT2D eigenvalue weighted by molar-refractivity contribution is -0.119. The number of carbonyl (C=O) groups is 1. The zero-order chi connectivity index (χ0) is 23.1. The predicted molar refractivity (Wildman–Crippen MR) is 122 cm³/mol. The van der Waals surface area contributed by atoms with Crippen LogP contribution in [0.1, 0.15) is 5.56 Å². The quantitative estimate of drug-likeness (QED) is 0.470. The monoisotopic (exact) mass is 476 g/mol. The van der Waals surface area contributed by atoms with Crippen LogP contribution in [-0.4, -0.2) is 34.0 Å². The first-order valence-electron chi connectivity index (χ1n) is 9.76. The second-order valence-electron chi connectivity index (χ2n) is 6.95. The van der Waals surface area contributed by atoms with Crippen molar-refractivity contribution in [3.05, 3.63) is 89.2 Å². The number of amides is 1. The Morgan fingerprint density at radius 1 is 1.00 bits per heavy atom. The largest absolute Gasteiger partial charge is 0.492 e. The molecule has 3 aromatic rings. The molecular formula is C23H22ClFN2O4S. The molecule has 3 aromatic carbocycles. The van der Waals surface area contributed by atoms with Crippen molar-refractivity contribution in [2.24, 2.45) is 0 Å². The van der Waals surface area contributed by atoms with Crippen molar-refractivity contribution in [2.75, 3.05) is 24.0 Å². The average Bonchev–Trinajstić information content (AvgIpc) is 2.77. The molecule has 0 radical (unpaired) electrons. The van der Waals surface area contributed by atoms with Crippen molar-refractivity contribution in [2.45, 2.75) is 11.8 Å². The highest BCUT2D eigenvalue weighted by Gasteiger charge is 2.27. The van der Waals surface area contributed by atoms with Gasteiger partial charge in [0, 0.05) is 5.02 Å². The number of nitrogens with zero attached hydrogens (tertiary/aromatic N) is 1. The molecule has 0 saturated carbocycles. The average molecular weight is 477 g/mol. The molecule has 0 unspecified atom stereocenters. The molecule has 0 aliphatic rings. The lowest BCUT2D eigenvalue weighted by Gasteiger charge is -2.24. The smallest absolute Gasteiger partial charge is 0.264 e. The molecule has 0 saturated heterocycles. The summed E-state index contributed by atoms with van der Waals surface area (Å²) in [6, 6.07) is 18.0. The number of hydrogen-bond donors (Lipinski definition) is 1. The second kappa shape index (κ2) is 10.5. The van der Waals surface area contributed by atoms with E-state index in [4.69, 9.17) is 16.3 Å². The zero-order valence-electron chi connectivity index (χ0n) is 17.3. The number of anilines is 1. The fourth-order valence-electron chi connectivity index (χ4n) is 2.84. The lowest BCUT2D eigenvalue weighted by atomic mass is 10.2. The van der Waals surface area contributed by atoms with E-state index in [0.29, 0.717) is 10.8 Å². The second-order valence-corrected chi connectivity index (χ2v) is 9.25. The molecule has 0 aromatic heterocycles. The number of sulfonamides is 1. The number of halogens is 2. The van der Waals surface area contributed by atoms with Crippen LogP contribution in [0.2, 0.25) is 5.02 Å². The van der Waals surface area contributed by atoms with Crippen LogP contribution >= 0.6 is 11.6 Å². The molecule has 9 heteroatoms. The van der Waals surface area contributed by atoms with Crippen molar-refractivity contribution < 1.29 is 22.3 Å². The van der Waals surface area contributed by atoms with E-state index in [-0.39, 0.29) is 23.7 Å². The molecule has 0 atom stereocenters.